The van der Waals surface area contributed by atoms with Crippen molar-refractivity contribution < 1.29 is 0 Å². The van der Waals surface area contributed by atoms with Crippen LogP contribution in [0.25, 0.3) is 5.65 Å². The number of fused-ring (bicyclic) bond motifs is 1. The molecule has 1 saturated heterocycles. The summed E-state index contributed by atoms with van der Waals surface area (Å²) in [6.07, 6.45) is 4.89. The molecule has 2 aromatic rings. The topological polar surface area (TPSA) is 45.5 Å². The lowest BCUT2D eigenvalue weighted by atomic mass is 9.83. The summed E-state index contributed by atoms with van der Waals surface area (Å²) in [7, 11) is 0. The number of hydrogen-bond donors (Lipinski definition) is 1. The van der Waals surface area contributed by atoms with Crippen LogP contribution in [0.2, 0.25) is 0 Å². The molecular weight excluding hydrogens is 262 g/mol. The maximum atomic E-state index is 4.88. The Morgan fingerprint density at radius 3 is 2.71 bits per heavy atom. The van der Waals surface area contributed by atoms with Crippen LogP contribution >= 0.6 is 0 Å². The van der Waals surface area contributed by atoms with Crippen LogP contribution in [0.15, 0.2) is 12.1 Å². The van der Waals surface area contributed by atoms with Crippen molar-refractivity contribution in [1.29, 1.82) is 0 Å². The third kappa shape index (κ3) is 2.29. The molecule has 21 heavy (non-hydrogen) atoms. The molecule has 5 nitrogen and oxygen atoms in total. The molecule has 0 atom stereocenters. The van der Waals surface area contributed by atoms with Gasteiger partial charge in [0.1, 0.15) is 5.82 Å². The third-order valence-electron chi connectivity index (χ3n) is 4.81. The second-order valence-corrected chi connectivity index (χ2v) is 6.16. The van der Waals surface area contributed by atoms with E-state index in [2.05, 4.69) is 33.8 Å². The standard InChI is InChI=1S/C16H23N5/c1-2-13-10-16(20-8-6-17-7-9-20)21-15(18-13)11-14(19-21)12-4-3-5-12/h10-12,17H,2-9H2,1H3. The van der Waals surface area contributed by atoms with Crippen LogP contribution in [0.3, 0.4) is 0 Å². The average molecular weight is 285 g/mol. The summed E-state index contributed by atoms with van der Waals surface area (Å²) >= 11 is 0. The van der Waals surface area contributed by atoms with Crippen molar-refractivity contribution in [3.63, 3.8) is 0 Å². The van der Waals surface area contributed by atoms with Crippen molar-refractivity contribution >= 4 is 11.5 Å². The summed E-state index contributed by atoms with van der Waals surface area (Å²) in [5.41, 5.74) is 3.42. The molecular formula is C16H23N5. The van der Waals surface area contributed by atoms with E-state index in [1.165, 1.54) is 30.8 Å². The van der Waals surface area contributed by atoms with Gasteiger partial charge in [-0.25, -0.2) is 4.98 Å². The SMILES string of the molecule is CCc1cc(N2CCNCC2)n2nc(C3CCC3)cc2n1. The quantitative estimate of drug-likeness (QED) is 0.936. The number of hydrogen-bond acceptors (Lipinski definition) is 4. The summed E-state index contributed by atoms with van der Waals surface area (Å²) in [5.74, 6) is 1.87. The van der Waals surface area contributed by atoms with Gasteiger partial charge in [-0.2, -0.15) is 9.61 Å². The summed E-state index contributed by atoms with van der Waals surface area (Å²) < 4.78 is 2.07. The van der Waals surface area contributed by atoms with E-state index < -0.39 is 0 Å². The van der Waals surface area contributed by atoms with Crippen molar-refractivity contribution in [2.45, 2.75) is 38.5 Å². The van der Waals surface area contributed by atoms with Gasteiger partial charge >= 0.3 is 0 Å². The molecule has 5 heteroatoms. The van der Waals surface area contributed by atoms with E-state index in [1.807, 2.05) is 0 Å². The predicted molar refractivity (Wildman–Crippen MR) is 84.0 cm³/mol. The normalized spacial score (nSPS) is 20.0. The summed E-state index contributed by atoms with van der Waals surface area (Å²) in [5, 5.41) is 8.29. The van der Waals surface area contributed by atoms with E-state index in [0.29, 0.717) is 5.92 Å². The summed E-state index contributed by atoms with van der Waals surface area (Å²) in [6, 6.07) is 4.42. The van der Waals surface area contributed by atoms with Gasteiger partial charge in [0.05, 0.1) is 5.69 Å². The lowest BCUT2D eigenvalue weighted by Crippen LogP contribution is -2.44. The first kappa shape index (κ1) is 13.1. The van der Waals surface area contributed by atoms with Gasteiger partial charge in [0.15, 0.2) is 5.65 Å². The molecule has 4 rings (SSSR count). The fourth-order valence-electron chi connectivity index (χ4n) is 3.23. The van der Waals surface area contributed by atoms with Crippen molar-refractivity contribution in [2.75, 3.05) is 31.1 Å². The highest BCUT2D eigenvalue weighted by atomic mass is 15.4. The Morgan fingerprint density at radius 1 is 1.24 bits per heavy atom. The first-order valence-electron chi connectivity index (χ1n) is 8.20. The molecule has 0 bridgehead atoms. The lowest BCUT2D eigenvalue weighted by molar-refractivity contribution is 0.409. The van der Waals surface area contributed by atoms with Crippen LogP contribution in [0.5, 0.6) is 0 Å². The van der Waals surface area contributed by atoms with Gasteiger partial charge in [-0.05, 0) is 19.3 Å². The molecule has 112 valence electrons. The minimum atomic E-state index is 0.660. The minimum Gasteiger partial charge on any atom is -0.354 e. The fraction of sp³-hybridized carbons (Fsp3) is 0.625. The highest BCUT2D eigenvalue weighted by Crippen LogP contribution is 2.36. The number of aryl methyl sites for hydroxylation is 1. The van der Waals surface area contributed by atoms with Gasteiger partial charge in [-0.3, -0.25) is 0 Å². The second kappa shape index (κ2) is 5.30. The fourth-order valence-corrected chi connectivity index (χ4v) is 3.23. The molecule has 1 saturated carbocycles. The monoisotopic (exact) mass is 285 g/mol. The summed E-state index contributed by atoms with van der Waals surface area (Å²) in [6.45, 7) is 6.34. The Labute approximate surface area is 125 Å². The number of nitrogens with one attached hydrogen (secondary N) is 1. The van der Waals surface area contributed by atoms with Gasteiger partial charge in [0.25, 0.3) is 0 Å². The Balaban J connectivity index is 1.79. The predicted octanol–water partition coefficient (Wildman–Crippen LogP) is 1.97. The van der Waals surface area contributed by atoms with E-state index >= 15 is 0 Å². The molecule has 0 spiro atoms. The highest BCUT2D eigenvalue weighted by molar-refractivity contribution is 5.53. The van der Waals surface area contributed by atoms with E-state index in [-0.39, 0.29) is 0 Å². The molecule has 1 aliphatic heterocycles. The van der Waals surface area contributed by atoms with Crippen LogP contribution in [0.4, 0.5) is 5.82 Å². The zero-order valence-electron chi connectivity index (χ0n) is 12.7. The molecule has 0 radical (unpaired) electrons. The van der Waals surface area contributed by atoms with Gasteiger partial charge in [-0.15, -0.1) is 0 Å². The molecule has 0 amide bonds. The van der Waals surface area contributed by atoms with Gasteiger partial charge in [0, 0.05) is 49.9 Å². The van der Waals surface area contributed by atoms with Gasteiger partial charge < -0.3 is 10.2 Å². The molecule has 3 heterocycles. The maximum Gasteiger partial charge on any atom is 0.157 e. The van der Waals surface area contributed by atoms with Crippen LogP contribution < -0.4 is 10.2 Å². The van der Waals surface area contributed by atoms with E-state index in [1.54, 1.807) is 0 Å². The first-order valence-corrected chi connectivity index (χ1v) is 8.20. The van der Waals surface area contributed by atoms with Gasteiger partial charge in [0.2, 0.25) is 0 Å². The van der Waals surface area contributed by atoms with E-state index in [9.17, 15) is 0 Å². The molecule has 2 fully saturated rings. The smallest absolute Gasteiger partial charge is 0.157 e. The van der Waals surface area contributed by atoms with Crippen molar-refractivity contribution in [3.05, 3.63) is 23.5 Å². The van der Waals surface area contributed by atoms with E-state index in [0.717, 1.165) is 43.9 Å². The Morgan fingerprint density at radius 2 is 2.05 bits per heavy atom. The van der Waals surface area contributed by atoms with Crippen LogP contribution in [0.1, 0.15) is 43.5 Å². The summed E-state index contributed by atoms with van der Waals surface area (Å²) in [4.78, 5) is 7.20. The first-order chi connectivity index (χ1) is 10.3. The zero-order chi connectivity index (χ0) is 14.2. The number of anilines is 1. The molecule has 2 aromatic heterocycles. The Kier molecular flexibility index (Phi) is 3.30. The van der Waals surface area contributed by atoms with Crippen molar-refractivity contribution in [3.8, 4) is 0 Å². The number of aromatic nitrogens is 3. The van der Waals surface area contributed by atoms with Crippen LogP contribution in [-0.2, 0) is 6.42 Å². The van der Waals surface area contributed by atoms with E-state index in [4.69, 9.17) is 10.1 Å². The third-order valence-corrected chi connectivity index (χ3v) is 4.81. The Bertz CT molecular complexity index is 637. The second-order valence-electron chi connectivity index (χ2n) is 6.16. The Hall–Kier alpha value is -1.62. The molecule has 0 unspecified atom stereocenters. The zero-order valence-corrected chi connectivity index (χ0v) is 12.7. The van der Waals surface area contributed by atoms with Crippen LogP contribution in [0, 0.1) is 0 Å². The van der Waals surface area contributed by atoms with Crippen molar-refractivity contribution in [2.24, 2.45) is 0 Å². The number of piperazine rings is 1. The largest absolute Gasteiger partial charge is 0.354 e. The maximum absolute atomic E-state index is 4.88. The molecule has 1 aliphatic carbocycles. The molecule has 0 aromatic carbocycles. The van der Waals surface area contributed by atoms with Crippen LogP contribution in [-0.4, -0.2) is 40.8 Å². The highest BCUT2D eigenvalue weighted by Gasteiger charge is 2.24. The number of nitrogens with zero attached hydrogens (tertiary/aromatic N) is 4. The lowest BCUT2D eigenvalue weighted by Gasteiger charge is -2.29. The molecule has 1 N–H and O–H groups in total. The molecule has 2 aliphatic rings. The number of rotatable bonds is 3. The average Bonchev–Trinajstić information content (AvgIpc) is 2.88. The van der Waals surface area contributed by atoms with Crippen molar-refractivity contribution in [1.82, 2.24) is 19.9 Å². The minimum absolute atomic E-state index is 0.660. The van der Waals surface area contributed by atoms with Gasteiger partial charge in [-0.1, -0.05) is 13.3 Å².